The molecule has 0 saturated carbocycles. The fourth-order valence-corrected chi connectivity index (χ4v) is 3.12. The SMILES string of the molecule is CCOc1ccc2sc(S(C)(=O)=O)nc2c1. The van der Waals surface area contributed by atoms with E-state index < -0.39 is 9.84 Å². The summed E-state index contributed by atoms with van der Waals surface area (Å²) in [6.07, 6.45) is 1.16. The summed E-state index contributed by atoms with van der Waals surface area (Å²) in [4.78, 5) is 4.08. The van der Waals surface area contributed by atoms with Crippen molar-refractivity contribution in [2.45, 2.75) is 11.3 Å². The molecule has 0 aliphatic rings. The van der Waals surface area contributed by atoms with Crippen molar-refractivity contribution in [3.63, 3.8) is 0 Å². The van der Waals surface area contributed by atoms with Crippen LogP contribution in [0.2, 0.25) is 0 Å². The molecule has 4 nitrogen and oxygen atoms in total. The molecule has 86 valence electrons. The third kappa shape index (κ3) is 2.17. The van der Waals surface area contributed by atoms with Crippen molar-refractivity contribution in [1.82, 2.24) is 4.98 Å². The van der Waals surface area contributed by atoms with Gasteiger partial charge in [-0.3, -0.25) is 0 Å². The van der Waals surface area contributed by atoms with Crippen LogP contribution in [0.5, 0.6) is 5.75 Å². The van der Waals surface area contributed by atoms with Crippen LogP contribution < -0.4 is 4.74 Å². The van der Waals surface area contributed by atoms with E-state index in [1.807, 2.05) is 19.1 Å². The number of aromatic nitrogens is 1. The van der Waals surface area contributed by atoms with Gasteiger partial charge >= 0.3 is 0 Å². The number of ether oxygens (including phenoxy) is 1. The number of fused-ring (bicyclic) bond motifs is 1. The molecule has 0 fully saturated rings. The number of hydrogen-bond acceptors (Lipinski definition) is 5. The number of sulfone groups is 1. The van der Waals surface area contributed by atoms with E-state index in [-0.39, 0.29) is 4.34 Å². The van der Waals surface area contributed by atoms with Crippen LogP contribution in [0.3, 0.4) is 0 Å². The normalized spacial score (nSPS) is 11.9. The van der Waals surface area contributed by atoms with E-state index in [1.54, 1.807) is 6.07 Å². The van der Waals surface area contributed by atoms with Gasteiger partial charge in [0.15, 0.2) is 0 Å². The molecule has 1 heterocycles. The highest BCUT2D eigenvalue weighted by molar-refractivity contribution is 7.92. The van der Waals surface area contributed by atoms with Crippen molar-refractivity contribution in [1.29, 1.82) is 0 Å². The lowest BCUT2D eigenvalue weighted by molar-refractivity contribution is 0.340. The van der Waals surface area contributed by atoms with Crippen LogP contribution in [-0.4, -0.2) is 26.3 Å². The van der Waals surface area contributed by atoms with Gasteiger partial charge in [-0.15, -0.1) is 11.3 Å². The zero-order valence-corrected chi connectivity index (χ0v) is 10.6. The van der Waals surface area contributed by atoms with E-state index in [0.29, 0.717) is 17.9 Å². The topological polar surface area (TPSA) is 56.3 Å². The number of thiazole rings is 1. The lowest BCUT2D eigenvalue weighted by Gasteiger charge is -2.00. The van der Waals surface area contributed by atoms with Crippen molar-refractivity contribution in [3.05, 3.63) is 18.2 Å². The Morgan fingerprint density at radius 2 is 2.19 bits per heavy atom. The van der Waals surface area contributed by atoms with Gasteiger partial charge in [0.1, 0.15) is 5.75 Å². The molecule has 0 amide bonds. The predicted molar refractivity (Wildman–Crippen MR) is 63.9 cm³/mol. The summed E-state index contributed by atoms with van der Waals surface area (Å²) in [5, 5.41) is 0. The van der Waals surface area contributed by atoms with E-state index >= 15 is 0 Å². The smallest absolute Gasteiger partial charge is 0.210 e. The molecule has 1 aromatic heterocycles. The van der Waals surface area contributed by atoms with Crippen molar-refractivity contribution in [2.75, 3.05) is 12.9 Å². The lowest BCUT2D eigenvalue weighted by atomic mass is 10.3. The summed E-state index contributed by atoms with van der Waals surface area (Å²) in [6.45, 7) is 2.47. The van der Waals surface area contributed by atoms with Gasteiger partial charge in [-0.2, -0.15) is 0 Å². The minimum Gasteiger partial charge on any atom is -0.494 e. The molecule has 2 rings (SSSR count). The molecule has 0 spiro atoms. The maximum absolute atomic E-state index is 11.3. The monoisotopic (exact) mass is 257 g/mol. The first-order chi connectivity index (χ1) is 7.50. The van der Waals surface area contributed by atoms with Crippen molar-refractivity contribution < 1.29 is 13.2 Å². The highest BCUT2D eigenvalue weighted by Gasteiger charge is 2.13. The fourth-order valence-electron chi connectivity index (χ4n) is 1.30. The van der Waals surface area contributed by atoms with Gasteiger partial charge in [0.2, 0.25) is 14.2 Å². The maximum Gasteiger partial charge on any atom is 0.210 e. The Kier molecular flexibility index (Phi) is 2.86. The molecular formula is C10H11NO3S2. The van der Waals surface area contributed by atoms with Crippen LogP contribution in [0.1, 0.15) is 6.92 Å². The molecule has 2 aromatic rings. The van der Waals surface area contributed by atoms with Crippen LogP contribution in [0.15, 0.2) is 22.5 Å². The van der Waals surface area contributed by atoms with Crippen LogP contribution in [0.25, 0.3) is 10.2 Å². The first kappa shape index (κ1) is 11.3. The molecule has 0 aliphatic carbocycles. The average molecular weight is 257 g/mol. The second-order valence-corrected chi connectivity index (χ2v) is 6.53. The minimum absolute atomic E-state index is 0.149. The molecule has 6 heteroatoms. The first-order valence-electron chi connectivity index (χ1n) is 4.74. The Balaban J connectivity index is 2.54. The summed E-state index contributed by atoms with van der Waals surface area (Å²) in [5.41, 5.74) is 0.663. The number of benzene rings is 1. The summed E-state index contributed by atoms with van der Waals surface area (Å²) >= 11 is 1.18. The average Bonchev–Trinajstić information content (AvgIpc) is 2.60. The summed E-state index contributed by atoms with van der Waals surface area (Å²) < 4.78 is 29.0. The molecule has 0 bridgehead atoms. The van der Waals surface area contributed by atoms with Gasteiger partial charge in [0.25, 0.3) is 0 Å². The standard InChI is InChI=1S/C10H11NO3S2/c1-3-14-7-4-5-9-8(6-7)11-10(15-9)16(2,12)13/h4-6H,3H2,1-2H3. The zero-order valence-electron chi connectivity index (χ0n) is 8.93. The van der Waals surface area contributed by atoms with E-state index in [1.165, 1.54) is 11.3 Å². The van der Waals surface area contributed by atoms with Gasteiger partial charge in [-0.1, -0.05) is 0 Å². The Bertz CT molecular complexity index is 616. The minimum atomic E-state index is -3.22. The Morgan fingerprint density at radius 3 is 2.81 bits per heavy atom. The zero-order chi connectivity index (χ0) is 11.8. The largest absolute Gasteiger partial charge is 0.494 e. The van der Waals surface area contributed by atoms with Gasteiger partial charge in [-0.05, 0) is 19.1 Å². The Hall–Kier alpha value is -1.14. The van der Waals surface area contributed by atoms with Gasteiger partial charge in [-0.25, -0.2) is 13.4 Å². The predicted octanol–water partition coefficient (Wildman–Crippen LogP) is 2.10. The van der Waals surface area contributed by atoms with Crippen LogP contribution in [0.4, 0.5) is 0 Å². The first-order valence-corrected chi connectivity index (χ1v) is 7.45. The maximum atomic E-state index is 11.3. The molecule has 0 atom stereocenters. The molecule has 0 N–H and O–H groups in total. The molecule has 0 unspecified atom stereocenters. The van der Waals surface area contributed by atoms with E-state index in [9.17, 15) is 8.42 Å². The lowest BCUT2D eigenvalue weighted by Crippen LogP contribution is -1.95. The molecule has 0 saturated heterocycles. The second kappa shape index (κ2) is 4.03. The third-order valence-corrected chi connectivity index (χ3v) is 4.68. The van der Waals surface area contributed by atoms with Gasteiger partial charge in [0.05, 0.1) is 16.8 Å². The van der Waals surface area contributed by atoms with Crippen molar-refractivity contribution in [3.8, 4) is 5.75 Å². The number of rotatable bonds is 3. The van der Waals surface area contributed by atoms with E-state index in [2.05, 4.69) is 4.98 Å². The highest BCUT2D eigenvalue weighted by Crippen LogP contribution is 2.28. The molecule has 0 aliphatic heterocycles. The number of hydrogen-bond donors (Lipinski definition) is 0. The molecule has 0 radical (unpaired) electrons. The molecule has 1 aromatic carbocycles. The van der Waals surface area contributed by atoms with Gasteiger partial charge < -0.3 is 4.74 Å². The Labute approximate surface area is 97.8 Å². The molecule has 16 heavy (non-hydrogen) atoms. The van der Waals surface area contributed by atoms with Crippen LogP contribution in [0, 0.1) is 0 Å². The Morgan fingerprint density at radius 1 is 1.44 bits per heavy atom. The van der Waals surface area contributed by atoms with Crippen molar-refractivity contribution in [2.24, 2.45) is 0 Å². The summed E-state index contributed by atoms with van der Waals surface area (Å²) in [7, 11) is -3.22. The highest BCUT2D eigenvalue weighted by atomic mass is 32.2. The quantitative estimate of drug-likeness (QED) is 0.845. The van der Waals surface area contributed by atoms with Crippen LogP contribution >= 0.6 is 11.3 Å². The number of nitrogens with zero attached hydrogens (tertiary/aromatic N) is 1. The van der Waals surface area contributed by atoms with E-state index in [4.69, 9.17) is 4.74 Å². The van der Waals surface area contributed by atoms with Crippen molar-refractivity contribution >= 4 is 31.4 Å². The van der Waals surface area contributed by atoms with Gasteiger partial charge in [0, 0.05) is 12.3 Å². The van der Waals surface area contributed by atoms with Crippen LogP contribution in [-0.2, 0) is 9.84 Å². The summed E-state index contributed by atoms with van der Waals surface area (Å²) in [5.74, 6) is 0.709. The molecular weight excluding hydrogens is 246 g/mol. The van der Waals surface area contributed by atoms with E-state index in [0.717, 1.165) is 11.0 Å². The second-order valence-electron chi connectivity index (χ2n) is 3.31. The summed E-state index contributed by atoms with van der Waals surface area (Å²) in [6, 6.07) is 5.40. The fraction of sp³-hybridized carbons (Fsp3) is 0.300. The third-order valence-electron chi connectivity index (χ3n) is 1.97.